The molecule has 2 nitrogen and oxygen atoms in total. The van der Waals surface area contributed by atoms with E-state index in [1.807, 2.05) is 6.07 Å². The van der Waals surface area contributed by atoms with Crippen molar-refractivity contribution in [2.45, 2.75) is 38.3 Å². The van der Waals surface area contributed by atoms with Gasteiger partial charge in [-0.05, 0) is 36.6 Å². The summed E-state index contributed by atoms with van der Waals surface area (Å²) in [5, 5.41) is 0. The van der Waals surface area contributed by atoms with E-state index in [0.29, 0.717) is 11.9 Å². The van der Waals surface area contributed by atoms with Gasteiger partial charge in [0.15, 0.2) is 0 Å². The van der Waals surface area contributed by atoms with E-state index < -0.39 is 0 Å². The Kier molecular flexibility index (Phi) is 5.99. The molecule has 0 bridgehead atoms. The summed E-state index contributed by atoms with van der Waals surface area (Å²) in [5.41, 5.74) is 1.27. The van der Waals surface area contributed by atoms with E-state index in [1.165, 1.54) is 31.2 Å². The second kappa shape index (κ2) is 7.51. The number of hydrogen-bond donors (Lipinski definition) is 0. The van der Waals surface area contributed by atoms with Gasteiger partial charge in [0.1, 0.15) is 5.75 Å². The molecule has 1 aliphatic carbocycles. The molecule has 4 heteroatoms. The van der Waals surface area contributed by atoms with Crippen LogP contribution in [0.4, 0.5) is 0 Å². The van der Waals surface area contributed by atoms with Gasteiger partial charge in [-0.15, -0.1) is 11.6 Å². The smallest absolute Gasteiger partial charge is 0.119 e. The van der Waals surface area contributed by atoms with Crippen LogP contribution in [-0.2, 0) is 6.54 Å². The molecule has 0 saturated heterocycles. The van der Waals surface area contributed by atoms with Crippen LogP contribution >= 0.6 is 27.5 Å². The van der Waals surface area contributed by atoms with E-state index in [4.69, 9.17) is 16.3 Å². The van der Waals surface area contributed by atoms with Crippen LogP contribution in [0, 0.1) is 0 Å². The number of alkyl halides is 1. The maximum Gasteiger partial charge on any atom is 0.119 e. The fourth-order valence-electron chi connectivity index (χ4n) is 2.79. The Morgan fingerprint density at radius 2 is 2.11 bits per heavy atom. The SMILES string of the molecule is COc1ccc(Br)c(CN(CCCl)C2CCCC2)c1. The Morgan fingerprint density at radius 3 is 2.74 bits per heavy atom. The first-order valence-electron chi connectivity index (χ1n) is 6.87. The van der Waals surface area contributed by atoms with Crippen molar-refractivity contribution in [3.63, 3.8) is 0 Å². The second-order valence-electron chi connectivity index (χ2n) is 5.06. The van der Waals surface area contributed by atoms with Crippen molar-refractivity contribution < 1.29 is 4.74 Å². The lowest BCUT2D eigenvalue weighted by Crippen LogP contribution is -2.34. The zero-order valence-electron chi connectivity index (χ0n) is 11.4. The fraction of sp³-hybridized carbons (Fsp3) is 0.600. The Morgan fingerprint density at radius 1 is 1.37 bits per heavy atom. The molecule has 1 aliphatic rings. The molecule has 0 spiro atoms. The molecule has 0 atom stereocenters. The quantitative estimate of drug-likeness (QED) is 0.706. The minimum absolute atomic E-state index is 0.692. The highest BCUT2D eigenvalue weighted by Crippen LogP contribution is 2.28. The summed E-state index contributed by atoms with van der Waals surface area (Å²) in [6.45, 7) is 1.89. The average molecular weight is 347 g/mol. The lowest BCUT2D eigenvalue weighted by molar-refractivity contribution is 0.201. The van der Waals surface area contributed by atoms with Crippen molar-refractivity contribution >= 4 is 27.5 Å². The zero-order valence-corrected chi connectivity index (χ0v) is 13.7. The highest BCUT2D eigenvalue weighted by atomic mass is 79.9. The summed E-state index contributed by atoms with van der Waals surface area (Å²) in [6.07, 6.45) is 5.31. The van der Waals surface area contributed by atoms with E-state index in [1.54, 1.807) is 7.11 Å². The molecule has 0 amide bonds. The van der Waals surface area contributed by atoms with Crippen molar-refractivity contribution in [2.24, 2.45) is 0 Å². The van der Waals surface area contributed by atoms with Gasteiger partial charge in [-0.25, -0.2) is 0 Å². The molecule has 0 aromatic heterocycles. The maximum absolute atomic E-state index is 5.96. The number of rotatable bonds is 6. The summed E-state index contributed by atoms with van der Waals surface area (Å²) >= 11 is 9.59. The molecule has 0 unspecified atom stereocenters. The average Bonchev–Trinajstić information content (AvgIpc) is 2.94. The number of methoxy groups -OCH3 is 1. The number of nitrogens with zero attached hydrogens (tertiary/aromatic N) is 1. The minimum Gasteiger partial charge on any atom is -0.497 e. The first-order valence-corrected chi connectivity index (χ1v) is 8.19. The minimum atomic E-state index is 0.692. The van der Waals surface area contributed by atoms with Crippen LogP contribution in [0.5, 0.6) is 5.75 Å². The van der Waals surface area contributed by atoms with Crippen LogP contribution in [0.3, 0.4) is 0 Å². The van der Waals surface area contributed by atoms with Gasteiger partial charge in [-0.1, -0.05) is 28.8 Å². The predicted molar refractivity (Wildman–Crippen MR) is 84.1 cm³/mol. The molecule has 0 radical (unpaired) electrons. The third-order valence-electron chi connectivity index (χ3n) is 3.84. The van der Waals surface area contributed by atoms with Crippen molar-refractivity contribution in [1.82, 2.24) is 4.90 Å². The summed E-state index contributed by atoms with van der Waals surface area (Å²) in [4.78, 5) is 2.51. The van der Waals surface area contributed by atoms with E-state index in [0.717, 1.165) is 23.3 Å². The van der Waals surface area contributed by atoms with Crippen LogP contribution in [-0.4, -0.2) is 30.5 Å². The van der Waals surface area contributed by atoms with Crippen molar-refractivity contribution in [3.05, 3.63) is 28.2 Å². The van der Waals surface area contributed by atoms with Gasteiger partial charge in [-0.2, -0.15) is 0 Å². The Labute approximate surface area is 129 Å². The highest BCUT2D eigenvalue weighted by molar-refractivity contribution is 9.10. The highest BCUT2D eigenvalue weighted by Gasteiger charge is 2.22. The molecule has 0 heterocycles. The lowest BCUT2D eigenvalue weighted by atomic mass is 10.1. The third-order valence-corrected chi connectivity index (χ3v) is 4.78. The van der Waals surface area contributed by atoms with Crippen LogP contribution < -0.4 is 4.74 Å². The van der Waals surface area contributed by atoms with Crippen LogP contribution in [0.2, 0.25) is 0 Å². The van der Waals surface area contributed by atoms with Gasteiger partial charge in [0.2, 0.25) is 0 Å². The first kappa shape index (κ1) is 15.1. The van der Waals surface area contributed by atoms with E-state index >= 15 is 0 Å². The van der Waals surface area contributed by atoms with E-state index in [-0.39, 0.29) is 0 Å². The third kappa shape index (κ3) is 4.11. The van der Waals surface area contributed by atoms with Gasteiger partial charge in [0.05, 0.1) is 7.11 Å². The number of benzene rings is 1. The molecule has 19 heavy (non-hydrogen) atoms. The molecular weight excluding hydrogens is 326 g/mol. The van der Waals surface area contributed by atoms with Gasteiger partial charge in [0, 0.05) is 29.5 Å². The number of ether oxygens (including phenoxy) is 1. The topological polar surface area (TPSA) is 12.5 Å². The van der Waals surface area contributed by atoms with Crippen molar-refractivity contribution in [3.8, 4) is 5.75 Å². The molecule has 1 aromatic carbocycles. The molecule has 106 valence electrons. The Hall–Kier alpha value is -0.250. The second-order valence-corrected chi connectivity index (χ2v) is 6.29. The van der Waals surface area contributed by atoms with E-state index in [2.05, 4.69) is 33.0 Å². The molecule has 2 rings (SSSR count). The van der Waals surface area contributed by atoms with Crippen molar-refractivity contribution in [1.29, 1.82) is 0 Å². The number of hydrogen-bond acceptors (Lipinski definition) is 2. The standard InChI is InChI=1S/C15H21BrClNO/c1-19-14-6-7-15(16)12(10-14)11-18(9-8-17)13-4-2-3-5-13/h6-7,10,13H,2-5,8-9,11H2,1H3. The normalized spacial score (nSPS) is 16.2. The molecule has 1 saturated carbocycles. The fourth-order valence-corrected chi connectivity index (χ4v) is 3.38. The molecule has 0 aliphatic heterocycles. The Balaban J connectivity index is 2.11. The largest absolute Gasteiger partial charge is 0.497 e. The van der Waals surface area contributed by atoms with Crippen molar-refractivity contribution in [2.75, 3.05) is 19.5 Å². The summed E-state index contributed by atoms with van der Waals surface area (Å²) in [7, 11) is 1.71. The van der Waals surface area contributed by atoms with Crippen LogP contribution in [0.15, 0.2) is 22.7 Å². The van der Waals surface area contributed by atoms with E-state index in [9.17, 15) is 0 Å². The van der Waals surface area contributed by atoms with Gasteiger partial charge < -0.3 is 4.74 Å². The summed E-state index contributed by atoms with van der Waals surface area (Å²) in [5.74, 6) is 1.60. The molecule has 1 fully saturated rings. The zero-order chi connectivity index (χ0) is 13.7. The van der Waals surface area contributed by atoms with Gasteiger partial charge in [-0.3, -0.25) is 4.90 Å². The monoisotopic (exact) mass is 345 g/mol. The Bertz CT molecular complexity index is 407. The van der Waals surface area contributed by atoms with Crippen LogP contribution in [0.25, 0.3) is 0 Å². The first-order chi connectivity index (χ1) is 9.24. The molecule has 1 aromatic rings. The van der Waals surface area contributed by atoms with Gasteiger partial charge >= 0.3 is 0 Å². The molecular formula is C15H21BrClNO. The summed E-state index contributed by atoms with van der Waals surface area (Å²) < 4.78 is 6.46. The number of halogens is 2. The van der Waals surface area contributed by atoms with Crippen LogP contribution in [0.1, 0.15) is 31.2 Å². The lowest BCUT2D eigenvalue weighted by Gasteiger charge is -2.28. The molecule has 0 N–H and O–H groups in total. The maximum atomic E-state index is 5.96. The van der Waals surface area contributed by atoms with Gasteiger partial charge in [0.25, 0.3) is 0 Å². The predicted octanol–water partition coefficient (Wildman–Crippen LogP) is 4.44. The summed E-state index contributed by atoms with van der Waals surface area (Å²) in [6, 6.07) is 6.84.